The number of hydrogen-bond acceptors (Lipinski definition) is 5. The molecular formula is C17H16N2O4. The van der Waals surface area contributed by atoms with E-state index in [1.807, 2.05) is 6.07 Å². The van der Waals surface area contributed by atoms with Crippen LogP contribution in [0.15, 0.2) is 28.4 Å². The van der Waals surface area contributed by atoms with Crippen molar-refractivity contribution < 1.29 is 18.7 Å². The number of furan rings is 1. The molecule has 2 rings (SSSR count). The van der Waals surface area contributed by atoms with E-state index in [4.69, 9.17) is 9.15 Å². The van der Waals surface area contributed by atoms with E-state index in [1.165, 1.54) is 18.4 Å². The number of esters is 1. The molecule has 0 bridgehead atoms. The lowest BCUT2D eigenvalue weighted by Gasteiger charge is -2.02. The van der Waals surface area contributed by atoms with Crippen molar-refractivity contribution in [2.24, 2.45) is 0 Å². The molecule has 23 heavy (non-hydrogen) atoms. The number of nitriles is 1. The summed E-state index contributed by atoms with van der Waals surface area (Å²) in [6.45, 7) is 5.46. The van der Waals surface area contributed by atoms with Crippen LogP contribution in [0.25, 0.3) is 6.08 Å². The third-order valence-corrected chi connectivity index (χ3v) is 3.35. The largest absolute Gasteiger partial charge is 0.462 e. The number of allylic oxidation sites excluding steroid dienone is 1. The van der Waals surface area contributed by atoms with Crippen LogP contribution in [0, 0.1) is 25.2 Å². The lowest BCUT2D eigenvalue weighted by Crippen LogP contribution is -2.06. The Morgan fingerprint density at radius 1 is 1.43 bits per heavy atom. The summed E-state index contributed by atoms with van der Waals surface area (Å²) in [7, 11) is 0. The number of Topliss-reactive ketones (excluding diaryl/α,β-unsaturated/α-hetero) is 1. The van der Waals surface area contributed by atoms with E-state index >= 15 is 0 Å². The van der Waals surface area contributed by atoms with Crippen molar-refractivity contribution in [2.75, 3.05) is 6.61 Å². The third-order valence-electron chi connectivity index (χ3n) is 3.35. The molecule has 0 saturated carbocycles. The van der Waals surface area contributed by atoms with E-state index in [0.29, 0.717) is 22.5 Å². The summed E-state index contributed by atoms with van der Waals surface area (Å²) >= 11 is 0. The number of H-pyrrole nitrogens is 1. The van der Waals surface area contributed by atoms with Crippen molar-refractivity contribution in [3.05, 3.63) is 52.2 Å². The number of carbonyl (C=O) groups excluding carboxylic acids is 2. The Bertz CT molecular complexity index is 805. The van der Waals surface area contributed by atoms with Gasteiger partial charge in [-0.1, -0.05) is 0 Å². The molecule has 6 heteroatoms. The van der Waals surface area contributed by atoms with Crippen LogP contribution in [0.1, 0.15) is 44.8 Å². The maximum absolute atomic E-state index is 12.2. The lowest BCUT2D eigenvalue weighted by molar-refractivity contribution is 0.0525. The lowest BCUT2D eigenvalue weighted by atomic mass is 10.1. The van der Waals surface area contributed by atoms with Gasteiger partial charge in [-0.15, -0.1) is 0 Å². The molecule has 0 aliphatic carbocycles. The van der Waals surface area contributed by atoms with Gasteiger partial charge in [-0.2, -0.15) is 5.26 Å². The van der Waals surface area contributed by atoms with E-state index in [0.717, 1.165) is 0 Å². The van der Waals surface area contributed by atoms with Gasteiger partial charge in [0.1, 0.15) is 11.6 Å². The predicted molar refractivity (Wildman–Crippen MR) is 82.9 cm³/mol. The normalized spacial score (nSPS) is 11.1. The van der Waals surface area contributed by atoms with Crippen molar-refractivity contribution in [3.8, 4) is 6.07 Å². The van der Waals surface area contributed by atoms with Crippen molar-refractivity contribution in [1.29, 1.82) is 5.26 Å². The minimum Gasteiger partial charge on any atom is -0.462 e. The molecule has 0 aliphatic rings. The molecule has 0 atom stereocenters. The zero-order valence-electron chi connectivity index (χ0n) is 13.1. The van der Waals surface area contributed by atoms with Crippen molar-refractivity contribution in [1.82, 2.24) is 4.98 Å². The molecule has 2 aromatic heterocycles. The smallest absolute Gasteiger partial charge is 0.340 e. The first-order chi connectivity index (χ1) is 11.0. The van der Waals surface area contributed by atoms with Crippen molar-refractivity contribution in [3.63, 3.8) is 0 Å². The Morgan fingerprint density at radius 3 is 2.74 bits per heavy atom. The SMILES string of the molecule is CCOC(=O)c1c(C)[nH]c(/C=C(\C#N)C(=O)c2ccco2)c1C. The number of aromatic amines is 1. The van der Waals surface area contributed by atoms with E-state index in [-0.39, 0.29) is 17.9 Å². The molecule has 6 nitrogen and oxygen atoms in total. The number of carbonyl (C=O) groups is 2. The van der Waals surface area contributed by atoms with Crippen LogP contribution in [0.4, 0.5) is 0 Å². The number of hydrogen-bond donors (Lipinski definition) is 1. The summed E-state index contributed by atoms with van der Waals surface area (Å²) in [5.74, 6) is -0.861. The minimum atomic E-state index is -0.512. The van der Waals surface area contributed by atoms with Crippen molar-refractivity contribution >= 4 is 17.8 Å². The van der Waals surface area contributed by atoms with Gasteiger partial charge in [-0.05, 0) is 44.5 Å². The second-order valence-electron chi connectivity index (χ2n) is 4.86. The highest BCUT2D eigenvalue weighted by Crippen LogP contribution is 2.22. The summed E-state index contributed by atoms with van der Waals surface area (Å²) in [6.07, 6.45) is 2.78. The molecule has 0 unspecified atom stereocenters. The van der Waals surface area contributed by atoms with E-state index in [2.05, 4.69) is 4.98 Å². The molecule has 0 radical (unpaired) electrons. The van der Waals surface area contributed by atoms with Gasteiger partial charge in [0, 0.05) is 11.4 Å². The molecule has 0 saturated heterocycles. The van der Waals surface area contributed by atoms with E-state index in [9.17, 15) is 14.9 Å². The molecular weight excluding hydrogens is 296 g/mol. The molecule has 0 fully saturated rings. The molecule has 0 aliphatic heterocycles. The van der Waals surface area contributed by atoms with Crippen LogP contribution in [-0.4, -0.2) is 23.3 Å². The summed E-state index contributed by atoms with van der Waals surface area (Å²) in [6, 6.07) is 4.93. The number of ether oxygens (including phenoxy) is 1. The zero-order chi connectivity index (χ0) is 17.0. The molecule has 0 aromatic carbocycles. The van der Waals surface area contributed by atoms with Gasteiger partial charge in [0.05, 0.1) is 18.4 Å². The molecule has 2 aromatic rings. The Morgan fingerprint density at radius 2 is 2.17 bits per heavy atom. The number of aromatic nitrogens is 1. The van der Waals surface area contributed by atoms with Crippen LogP contribution in [-0.2, 0) is 4.74 Å². The van der Waals surface area contributed by atoms with Crippen LogP contribution < -0.4 is 0 Å². The topological polar surface area (TPSA) is 96.1 Å². The fourth-order valence-corrected chi connectivity index (χ4v) is 2.26. The first kappa shape index (κ1) is 16.3. The fraction of sp³-hybridized carbons (Fsp3) is 0.235. The highest BCUT2D eigenvalue weighted by Gasteiger charge is 2.20. The molecule has 0 amide bonds. The molecule has 1 N–H and O–H groups in total. The highest BCUT2D eigenvalue weighted by atomic mass is 16.5. The van der Waals surface area contributed by atoms with Crippen LogP contribution in [0.3, 0.4) is 0 Å². The Kier molecular flexibility index (Phi) is 4.82. The van der Waals surface area contributed by atoms with Gasteiger partial charge in [-0.3, -0.25) is 4.79 Å². The van der Waals surface area contributed by atoms with E-state index < -0.39 is 11.8 Å². The van der Waals surface area contributed by atoms with Crippen LogP contribution >= 0.6 is 0 Å². The monoisotopic (exact) mass is 312 g/mol. The number of aryl methyl sites for hydroxylation is 1. The predicted octanol–water partition coefficient (Wildman–Crippen LogP) is 3.19. The number of nitrogens with zero attached hydrogens (tertiary/aromatic N) is 1. The Hall–Kier alpha value is -3.07. The Labute approximate surface area is 133 Å². The van der Waals surface area contributed by atoms with Crippen LogP contribution in [0.2, 0.25) is 0 Å². The molecule has 118 valence electrons. The number of ketones is 1. The minimum absolute atomic E-state index is 0.0836. The summed E-state index contributed by atoms with van der Waals surface area (Å²) < 4.78 is 10.0. The summed E-state index contributed by atoms with van der Waals surface area (Å²) in [4.78, 5) is 27.2. The van der Waals surface area contributed by atoms with Gasteiger partial charge in [0.15, 0.2) is 5.76 Å². The van der Waals surface area contributed by atoms with Gasteiger partial charge in [0.25, 0.3) is 0 Å². The van der Waals surface area contributed by atoms with Crippen molar-refractivity contribution in [2.45, 2.75) is 20.8 Å². The average Bonchev–Trinajstić information content (AvgIpc) is 3.13. The van der Waals surface area contributed by atoms with Crippen LogP contribution in [0.5, 0.6) is 0 Å². The second-order valence-corrected chi connectivity index (χ2v) is 4.86. The zero-order valence-corrected chi connectivity index (χ0v) is 13.1. The maximum Gasteiger partial charge on any atom is 0.340 e. The summed E-state index contributed by atoms with van der Waals surface area (Å²) in [5, 5.41) is 9.23. The number of rotatable bonds is 5. The van der Waals surface area contributed by atoms with Gasteiger partial charge in [-0.25, -0.2) is 4.79 Å². The highest BCUT2D eigenvalue weighted by molar-refractivity contribution is 6.12. The third kappa shape index (κ3) is 3.24. The summed E-state index contributed by atoms with van der Waals surface area (Å²) in [5.41, 5.74) is 2.10. The number of nitrogens with one attached hydrogen (secondary N) is 1. The average molecular weight is 312 g/mol. The van der Waals surface area contributed by atoms with Gasteiger partial charge >= 0.3 is 5.97 Å². The Balaban J connectivity index is 2.42. The first-order valence-electron chi connectivity index (χ1n) is 7.05. The standard InChI is InChI=1S/C17H16N2O4/c1-4-22-17(21)15-10(2)13(19-11(15)3)8-12(9-18)16(20)14-6-5-7-23-14/h5-8,19H,4H2,1-3H3/b12-8+. The second kappa shape index (κ2) is 6.79. The van der Waals surface area contributed by atoms with E-state index in [1.54, 1.807) is 26.8 Å². The maximum atomic E-state index is 12.2. The molecule has 2 heterocycles. The van der Waals surface area contributed by atoms with Gasteiger partial charge in [0.2, 0.25) is 5.78 Å². The fourth-order valence-electron chi connectivity index (χ4n) is 2.26. The molecule has 0 spiro atoms. The first-order valence-corrected chi connectivity index (χ1v) is 7.05. The quantitative estimate of drug-likeness (QED) is 0.396. The van der Waals surface area contributed by atoms with Gasteiger partial charge < -0.3 is 14.1 Å².